The number of carbonyl (C=O) groups excluding carboxylic acids is 1. The zero-order chi connectivity index (χ0) is 21.9. The molecule has 0 spiro atoms. The molecule has 2 amide bonds. The van der Waals surface area contributed by atoms with E-state index in [0.717, 1.165) is 27.7 Å². The van der Waals surface area contributed by atoms with Gasteiger partial charge >= 0.3 is 6.03 Å². The quantitative estimate of drug-likeness (QED) is 0.547. The van der Waals surface area contributed by atoms with Crippen LogP contribution < -0.4 is 10.9 Å². The van der Waals surface area contributed by atoms with Gasteiger partial charge in [0.1, 0.15) is 0 Å². The van der Waals surface area contributed by atoms with Gasteiger partial charge in [0.05, 0.1) is 11.4 Å². The molecule has 0 bridgehead atoms. The molecule has 0 saturated carbocycles. The predicted molar refractivity (Wildman–Crippen MR) is 115 cm³/mol. The molecule has 0 fully saturated rings. The molecule has 3 heterocycles. The van der Waals surface area contributed by atoms with Gasteiger partial charge in [-0.3, -0.25) is 4.79 Å². The first kappa shape index (κ1) is 20.1. The first-order valence-corrected chi connectivity index (χ1v) is 10.7. The number of likely N-dealkylation sites (N-methyl/N-ethyl adjacent to an activating group) is 1. The number of urea groups is 1. The van der Waals surface area contributed by atoms with Gasteiger partial charge in [-0.15, -0.1) is 0 Å². The lowest BCUT2D eigenvalue weighted by atomic mass is 9.94. The molecule has 5 rings (SSSR count). The van der Waals surface area contributed by atoms with Gasteiger partial charge < -0.3 is 20.1 Å². The zero-order valence-corrected chi connectivity index (χ0v) is 18.2. The van der Waals surface area contributed by atoms with Crippen LogP contribution in [0.1, 0.15) is 28.4 Å². The van der Waals surface area contributed by atoms with Crippen LogP contribution in [0.2, 0.25) is 0 Å². The fourth-order valence-corrected chi connectivity index (χ4v) is 4.94. The van der Waals surface area contributed by atoms with Gasteiger partial charge in [0, 0.05) is 49.0 Å². The van der Waals surface area contributed by atoms with Gasteiger partial charge in [-0.25, -0.2) is 13.6 Å². The maximum absolute atomic E-state index is 14.1. The molecule has 3 aromatic rings. The maximum Gasteiger partial charge on any atom is 0.320 e. The molecule has 1 unspecified atom stereocenters. The van der Waals surface area contributed by atoms with Crippen LogP contribution in [-0.4, -0.2) is 34.4 Å². The molecule has 2 aliphatic rings. The Morgan fingerprint density at radius 3 is 2.61 bits per heavy atom. The molecule has 0 radical (unpaired) electrons. The second-order valence-corrected chi connectivity index (χ2v) is 8.88. The average Bonchev–Trinajstić information content (AvgIpc) is 3.17. The highest BCUT2D eigenvalue weighted by atomic mass is 79.9. The molecule has 0 saturated heterocycles. The van der Waals surface area contributed by atoms with Crippen molar-refractivity contribution < 1.29 is 13.6 Å². The van der Waals surface area contributed by atoms with Crippen molar-refractivity contribution >= 4 is 32.7 Å². The van der Waals surface area contributed by atoms with E-state index in [0.29, 0.717) is 42.8 Å². The molecular weight excluding hydrogens is 470 g/mol. The third kappa shape index (κ3) is 3.32. The summed E-state index contributed by atoms with van der Waals surface area (Å²) in [4.78, 5) is 31.9. The molecule has 1 atom stereocenters. The number of aromatic nitrogens is 1. The fraction of sp³-hybridized carbons (Fsp3) is 0.273. The maximum atomic E-state index is 14.1. The number of halogens is 3. The number of benzene rings is 2. The van der Waals surface area contributed by atoms with Gasteiger partial charge in [-0.2, -0.15) is 0 Å². The van der Waals surface area contributed by atoms with Crippen molar-refractivity contribution in [1.29, 1.82) is 0 Å². The third-order valence-corrected chi connectivity index (χ3v) is 6.58. The van der Waals surface area contributed by atoms with Crippen LogP contribution in [0, 0.1) is 11.6 Å². The van der Waals surface area contributed by atoms with Crippen molar-refractivity contribution in [3.63, 3.8) is 0 Å². The number of fused-ring (bicyclic) bond motifs is 4. The van der Waals surface area contributed by atoms with Crippen molar-refractivity contribution in [3.05, 3.63) is 79.2 Å². The summed E-state index contributed by atoms with van der Waals surface area (Å²) in [5, 5.41) is 3.61. The predicted octanol–water partition coefficient (Wildman–Crippen LogP) is 3.78. The Labute approximate surface area is 185 Å². The highest BCUT2D eigenvalue weighted by Gasteiger charge is 2.34. The van der Waals surface area contributed by atoms with Crippen LogP contribution >= 0.6 is 15.9 Å². The number of pyridine rings is 1. The molecule has 31 heavy (non-hydrogen) atoms. The molecular formula is C22H19BrF2N4O2. The van der Waals surface area contributed by atoms with Crippen LogP contribution in [-0.2, 0) is 19.6 Å². The second kappa shape index (κ2) is 7.42. The molecule has 6 nitrogen and oxygen atoms in total. The van der Waals surface area contributed by atoms with Gasteiger partial charge in [0.2, 0.25) is 0 Å². The Hall–Kier alpha value is -2.78. The summed E-state index contributed by atoms with van der Waals surface area (Å²) in [6, 6.07) is 7.31. The summed E-state index contributed by atoms with van der Waals surface area (Å²) in [5.74, 6) is -2.10. The smallest absolute Gasteiger partial charge is 0.320 e. The van der Waals surface area contributed by atoms with Crippen molar-refractivity contribution in [3.8, 4) is 0 Å². The molecule has 2 N–H and O–H groups in total. The van der Waals surface area contributed by atoms with Gasteiger partial charge in [0.15, 0.2) is 11.6 Å². The number of nitrogens with zero attached hydrogens (tertiary/aromatic N) is 2. The lowest BCUT2D eigenvalue weighted by Gasteiger charge is -2.36. The van der Waals surface area contributed by atoms with E-state index in [2.05, 4.69) is 26.2 Å². The van der Waals surface area contributed by atoms with Crippen molar-refractivity contribution in [1.82, 2.24) is 20.1 Å². The first-order valence-electron chi connectivity index (χ1n) is 9.87. The Morgan fingerprint density at radius 1 is 1.13 bits per heavy atom. The highest BCUT2D eigenvalue weighted by Crippen LogP contribution is 2.34. The molecule has 2 aliphatic heterocycles. The van der Waals surface area contributed by atoms with E-state index in [1.807, 2.05) is 18.2 Å². The van der Waals surface area contributed by atoms with Crippen LogP contribution in [0.25, 0.3) is 10.8 Å². The SMILES string of the molecule is CN(C(=O)N1Cc2ccc(Br)cc2C1)C1CNCc2[nH]c(=O)c3cc(F)c(F)cc3c21. The van der Waals surface area contributed by atoms with Crippen LogP contribution in [0.4, 0.5) is 13.6 Å². The number of H-pyrrole nitrogens is 1. The molecule has 2 aromatic carbocycles. The van der Waals surface area contributed by atoms with Crippen molar-refractivity contribution in [2.45, 2.75) is 25.7 Å². The molecule has 1 aromatic heterocycles. The van der Waals surface area contributed by atoms with Gasteiger partial charge in [-0.1, -0.05) is 22.0 Å². The topological polar surface area (TPSA) is 68.4 Å². The standard InChI is InChI=1S/C22H19BrF2N4O2/c1-28(22(31)29-9-11-2-3-13(23)4-12(11)10-29)19-8-26-7-18-20(19)14-5-16(24)17(25)6-15(14)21(30)27-18/h2-6,19,26H,7-10H2,1H3,(H,27,30). The summed E-state index contributed by atoms with van der Waals surface area (Å²) in [6.45, 7) is 1.81. The Balaban J connectivity index is 1.53. The lowest BCUT2D eigenvalue weighted by Crippen LogP contribution is -2.46. The van der Waals surface area contributed by atoms with Crippen LogP contribution in [0.3, 0.4) is 0 Å². The van der Waals surface area contributed by atoms with Crippen molar-refractivity contribution in [2.24, 2.45) is 0 Å². The molecule has 9 heteroatoms. The van der Waals surface area contributed by atoms with Crippen LogP contribution in [0.15, 0.2) is 39.6 Å². The number of amides is 2. The summed E-state index contributed by atoms with van der Waals surface area (Å²) in [5.41, 5.74) is 2.92. The van der Waals surface area contributed by atoms with E-state index in [1.165, 1.54) is 0 Å². The summed E-state index contributed by atoms with van der Waals surface area (Å²) < 4.78 is 28.8. The van der Waals surface area contributed by atoms with E-state index in [9.17, 15) is 18.4 Å². The molecule has 0 aliphatic carbocycles. The Morgan fingerprint density at radius 2 is 1.84 bits per heavy atom. The normalized spacial score (nSPS) is 17.5. The zero-order valence-electron chi connectivity index (χ0n) is 16.6. The van der Waals surface area contributed by atoms with Crippen molar-refractivity contribution in [2.75, 3.05) is 13.6 Å². The van der Waals surface area contributed by atoms with E-state index in [4.69, 9.17) is 0 Å². The van der Waals surface area contributed by atoms with Gasteiger partial charge in [-0.05, 0) is 40.8 Å². The minimum atomic E-state index is -1.08. The summed E-state index contributed by atoms with van der Waals surface area (Å²) >= 11 is 3.46. The van der Waals surface area contributed by atoms with Gasteiger partial charge in [0.25, 0.3) is 5.56 Å². The second-order valence-electron chi connectivity index (χ2n) is 7.97. The van der Waals surface area contributed by atoms with E-state index >= 15 is 0 Å². The lowest BCUT2D eigenvalue weighted by molar-refractivity contribution is 0.143. The fourth-order valence-electron chi connectivity index (χ4n) is 4.53. The number of nitrogens with one attached hydrogen (secondary N) is 2. The minimum Gasteiger partial charge on any atom is -0.324 e. The van der Waals surface area contributed by atoms with E-state index in [1.54, 1.807) is 16.8 Å². The summed E-state index contributed by atoms with van der Waals surface area (Å²) in [6.07, 6.45) is 0. The Bertz CT molecular complexity index is 1290. The third-order valence-electron chi connectivity index (χ3n) is 6.09. The number of hydrogen-bond acceptors (Lipinski definition) is 3. The number of rotatable bonds is 1. The summed E-state index contributed by atoms with van der Waals surface area (Å²) in [7, 11) is 1.69. The highest BCUT2D eigenvalue weighted by molar-refractivity contribution is 9.10. The largest absolute Gasteiger partial charge is 0.324 e. The number of hydrogen-bond donors (Lipinski definition) is 2. The number of carbonyl (C=O) groups is 1. The monoisotopic (exact) mass is 488 g/mol. The first-order chi connectivity index (χ1) is 14.8. The van der Waals surface area contributed by atoms with E-state index in [-0.39, 0.29) is 11.4 Å². The number of aromatic amines is 1. The van der Waals surface area contributed by atoms with E-state index < -0.39 is 23.2 Å². The molecule has 160 valence electrons. The Kier molecular flexibility index (Phi) is 4.82. The average molecular weight is 489 g/mol. The minimum absolute atomic E-state index is 0.0730. The van der Waals surface area contributed by atoms with Crippen LogP contribution in [0.5, 0.6) is 0 Å².